The fourth-order valence-electron chi connectivity index (χ4n) is 0.857. The molecule has 0 spiro atoms. The van der Waals surface area contributed by atoms with Crippen molar-refractivity contribution in [3.05, 3.63) is 22.0 Å². The van der Waals surface area contributed by atoms with Gasteiger partial charge in [0.15, 0.2) is 5.69 Å². The number of nitrogens with zero attached hydrogens (tertiary/aromatic N) is 5. The highest BCUT2D eigenvalue weighted by Crippen LogP contribution is 2.08. The summed E-state index contributed by atoms with van der Waals surface area (Å²) in [6.07, 6.45) is 2.56. The number of hydrogen-bond acceptors (Lipinski definition) is 5. The van der Waals surface area contributed by atoms with Crippen molar-refractivity contribution in [1.29, 1.82) is 0 Å². The van der Waals surface area contributed by atoms with Crippen molar-refractivity contribution in [2.75, 3.05) is 0 Å². The van der Waals surface area contributed by atoms with Crippen molar-refractivity contribution in [2.45, 2.75) is 0 Å². The molecular formula is C6H9N7O2. The molecular weight excluding hydrogens is 202 g/mol. The largest absolute Gasteiger partial charge is 0.434 e. The second kappa shape index (κ2) is 4.17. The van der Waals surface area contributed by atoms with E-state index in [0.29, 0.717) is 5.69 Å². The van der Waals surface area contributed by atoms with Gasteiger partial charge in [-0.2, -0.15) is 5.10 Å². The molecule has 15 heavy (non-hydrogen) atoms. The van der Waals surface area contributed by atoms with Gasteiger partial charge in [-0.15, -0.1) is 5.10 Å². The summed E-state index contributed by atoms with van der Waals surface area (Å²) in [5.74, 6) is -0.468. The van der Waals surface area contributed by atoms with Gasteiger partial charge in [-0.3, -0.25) is 0 Å². The third kappa shape index (κ3) is 2.49. The van der Waals surface area contributed by atoms with Crippen molar-refractivity contribution < 1.29 is 4.92 Å². The van der Waals surface area contributed by atoms with Crippen LogP contribution >= 0.6 is 0 Å². The number of hydrogen-bond donors (Lipinski definition) is 2. The first-order chi connectivity index (χ1) is 7.02. The first kappa shape index (κ1) is 10.6. The Morgan fingerprint density at radius 3 is 2.87 bits per heavy atom. The van der Waals surface area contributed by atoms with Gasteiger partial charge in [0.25, 0.3) is 0 Å². The second-order valence-corrected chi connectivity index (χ2v) is 2.57. The molecule has 1 rings (SSSR count). The van der Waals surface area contributed by atoms with Crippen LogP contribution in [0.1, 0.15) is 5.69 Å². The zero-order chi connectivity index (χ0) is 11.4. The molecule has 0 saturated heterocycles. The van der Waals surface area contributed by atoms with Gasteiger partial charge in [0.1, 0.15) is 6.20 Å². The third-order valence-corrected chi connectivity index (χ3v) is 1.53. The smallest absolute Gasteiger partial charge is 0.390 e. The standard InChI is InChI=1S/C6H9N7O2/c1-12-4(3-10-11-5(7)8)2-9-6(12)13(14)15/h2-3H,1H3,(H4,7,8,11)/b10-3+. The summed E-state index contributed by atoms with van der Waals surface area (Å²) in [5.41, 5.74) is 10.5. The maximum atomic E-state index is 10.4. The molecule has 0 bridgehead atoms. The molecule has 1 heterocycles. The number of aromatic nitrogens is 2. The summed E-state index contributed by atoms with van der Waals surface area (Å²) in [7, 11) is 1.49. The molecule has 0 aliphatic heterocycles. The van der Waals surface area contributed by atoms with E-state index >= 15 is 0 Å². The van der Waals surface area contributed by atoms with Gasteiger partial charge in [-0.25, -0.2) is 4.57 Å². The highest BCUT2D eigenvalue weighted by molar-refractivity contribution is 5.80. The molecule has 0 unspecified atom stereocenters. The molecule has 1 aromatic heterocycles. The van der Waals surface area contributed by atoms with Crippen LogP contribution in [0.2, 0.25) is 0 Å². The van der Waals surface area contributed by atoms with Crippen molar-refractivity contribution in [2.24, 2.45) is 28.7 Å². The fourth-order valence-corrected chi connectivity index (χ4v) is 0.857. The maximum Gasteiger partial charge on any atom is 0.434 e. The lowest BCUT2D eigenvalue weighted by Crippen LogP contribution is -2.21. The van der Waals surface area contributed by atoms with Gasteiger partial charge in [-0.05, 0) is 4.92 Å². The molecule has 0 amide bonds. The molecule has 1 aromatic rings. The van der Waals surface area contributed by atoms with Crippen LogP contribution in [0.4, 0.5) is 5.95 Å². The molecule has 0 aliphatic carbocycles. The van der Waals surface area contributed by atoms with Crippen molar-refractivity contribution in [3.63, 3.8) is 0 Å². The zero-order valence-corrected chi connectivity index (χ0v) is 7.86. The Labute approximate surface area is 84.3 Å². The first-order valence-electron chi connectivity index (χ1n) is 3.80. The highest BCUT2D eigenvalue weighted by Gasteiger charge is 2.15. The maximum absolute atomic E-state index is 10.4. The number of imidazole rings is 1. The van der Waals surface area contributed by atoms with Gasteiger partial charge in [0, 0.05) is 0 Å². The predicted octanol–water partition coefficient (Wildman–Crippen LogP) is -1.06. The summed E-state index contributed by atoms with van der Waals surface area (Å²) < 4.78 is 1.26. The van der Waals surface area contributed by atoms with E-state index in [2.05, 4.69) is 15.2 Å². The van der Waals surface area contributed by atoms with E-state index < -0.39 is 4.92 Å². The Hall–Kier alpha value is -2.45. The highest BCUT2D eigenvalue weighted by atomic mass is 16.6. The molecule has 4 N–H and O–H groups in total. The van der Waals surface area contributed by atoms with E-state index in [9.17, 15) is 10.1 Å². The molecule has 9 heteroatoms. The van der Waals surface area contributed by atoms with Gasteiger partial charge in [0.2, 0.25) is 5.96 Å². The molecule has 0 atom stereocenters. The summed E-state index contributed by atoms with van der Waals surface area (Å²) in [6.45, 7) is 0. The van der Waals surface area contributed by atoms with Crippen LogP contribution in [-0.2, 0) is 7.05 Å². The lowest BCUT2D eigenvalue weighted by Gasteiger charge is -1.93. The topological polar surface area (TPSA) is 138 Å². The molecule has 9 nitrogen and oxygen atoms in total. The molecule has 0 aliphatic rings. The Balaban J connectivity index is 2.93. The van der Waals surface area contributed by atoms with Crippen LogP contribution in [0, 0.1) is 10.1 Å². The minimum atomic E-state index is -0.599. The predicted molar refractivity (Wildman–Crippen MR) is 53.3 cm³/mol. The van der Waals surface area contributed by atoms with Gasteiger partial charge >= 0.3 is 5.95 Å². The van der Waals surface area contributed by atoms with Crippen molar-refractivity contribution >= 4 is 18.1 Å². The van der Waals surface area contributed by atoms with Crippen LogP contribution in [0.5, 0.6) is 0 Å². The van der Waals surface area contributed by atoms with E-state index in [1.165, 1.54) is 24.0 Å². The Morgan fingerprint density at radius 2 is 2.40 bits per heavy atom. The van der Waals surface area contributed by atoms with Gasteiger partial charge in [-0.1, -0.05) is 4.98 Å². The van der Waals surface area contributed by atoms with E-state index in [-0.39, 0.29) is 11.9 Å². The molecule has 0 aromatic carbocycles. The zero-order valence-electron chi connectivity index (χ0n) is 7.86. The van der Waals surface area contributed by atoms with E-state index in [4.69, 9.17) is 11.5 Å². The molecule has 80 valence electrons. The monoisotopic (exact) mass is 211 g/mol. The Kier molecular flexibility index (Phi) is 2.96. The average molecular weight is 211 g/mol. The molecule has 0 fully saturated rings. The van der Waals surface area contributed by atoms with Crippen LogP contribution < -0.4 is 11.5 Å². The van der Waals surface area contributed by atoms with E-state index in [1.807, 2.05) is 0 Å². The normalized spacial score (nSPS) is 10.5. The summed E-state index contributed by atoms with van der Waals surface area (Å²) in [5, 5.41) is 17.3. The average Bonchev–Trinajstić information content (AvgIpc) is 2.47. The lowest BCUT2D eigenvalue weighted by molar-refractivity contribution is -0.396. The van der Waals surface area contributed by atoms with Crippen LogP contribution in [-0.4, -0.2) is 26.6 Å². The van der Waals surface area contributed by atoms with E-state index in [0.717, 1.165) is 0 Å². The quantitative estimate of drug-likeness (QED) is 0.284. The summed E-state index contributed by atoms with van der Waals surface area (Å²) >= 11 is 0. The Bertz CT molecular complexity index is 429. The van der Waals surface area contributed by atoms with Gasteiger partial charge in [0.05, 0.1) is 13.3 Å². The van der Waals surface area contributed by atoms with Crippen LogP contribution in [0.3, 0.4) is 0 Å². The SMILES string of the molecule is Cn1c(/C=N/N=C(N)N)cnc1[N+](=O)[O-]. The van der Waals surface area contributed by atoms with Crippen molar-refractivity contribution in [3.8, 4) is 0 Å². The minimum Gasteiger partial charge on any atom is -0.390 e. The number of nitro groups is 1. The number of rotatable bonds is 3. The van der Waals surface area contributed by atoms with E-state index in [1.54, 1.807) is 0 Å². The molecule has 0 saturated carbocycles. The van der Waals surface area contributed by atoms with Crippen LogP contribution in [0.15, 0.2) is 16.4 Å². The summed E-state index contributed by atoms with van der Waals surface area (Å²) in [6, 6.07) is 0. The van der Waals surface area contributed by atoms with Crippen LogP contribution in [0.25, 0.3) is 0 Å². The minimum absolute atomic E-state index is 0.192. The molecule has 0 radical (unpaired) electrons. The van der Waals surface area contributed by atoms with Gasteiger partial charge < -0.3 is 21.6 Å². The number of guanidine groups is 1. The fraction of sp³-hybridized carbons (Fsp3) is 0.167. The Morgan fingerprint density at radius 1 is 1.73 bits per heavy atom. The van der Waals surface area contributed by atoms with Crippen molar-refractivity contribution in [1.82, 2.24) is 9.55 Å². The lowest BCUT2D eigenvalue weighted by atomic mass is 10.5. The number of nitrogens with two attached hydrogens (primary N) is 2. The summed E-state index contributed by atoms with van der Waals surface area (Å²) in [4.78, 5) is 13.4. The third-order valence-electron chi connectivity index (χ3n) is 1.53. The first-order valence-corrected chi connectivity index (χ1v) is 3.80. The second-order valence-electron chi connectivity index (χ2n) is 2.57.